The van der Waals surface area contributed by atoms with Gasteiger partial charge in [0.1, 0.15) is 18.0 Å². The minimum Gasteiger partial charge on any atom is -0.484 e. The molecule has 144 valence electrons. The smallest absolute Gasteiger partial charge is 0.338 e. The zero-order valence-corrected chi connectivity index (χ0v) is 15.4. The Morgan fingerprint density at radius 1 is 1.38 bits per heavy atom. The number of carbonyl (C=O) groups is 1. The van der Waals surface area contributed by atoms with Crippen molar-refractivity contribution in [3.63, 3.8) is 0 Å². The van der Waals surface area contributed by atoms with Crippen molar-refractivity contribution >= 4 is 16.1 Å². The number of benzene rings is 1. The summed E-state index contributed by atoms with van der Waals surface area (Å²) in [5, 5.41) is 0. The van der Waals surface area contributed by atoms with E-state index in [2.05, 4.69) is 0 Å². The number of halogens is 1. The minimum absolute atomic E-state index is 0.0172. The molecule has 2 fully saturated rings. The van der Waals surface area contributed by atoms with E-state index in [-0.39, 0.29) is 11.3 Å². The van der Waals surface area contributed by atoms with Crippen LogP contribution in [0.5, 0.6) is 5.75 Å². The van der Waals surface area contributed by atoms with Gasteiger partial charge in [-0.15, -0.1) is 0 Å². The third-order valence-electron chi connectivity index (χ3n) is 5.57. The number of ether oxygens (including phenoxy) is 2. The van der Waals surface area contributed by atoms with E-state index >= 15 is 0 Å². The molecule has 2 bridgehead atoms. The van der Waals surface area contributed by atoms with Gasteiger partial charge in [-0.05, 0) is 62.1 Å². The summed E-state index contributed by atoms with van der Waals surface area (Å²) in [6, 6.07) is 3.71. The SMILES string of the molecule is CCC1(Oc2cc(C(=O)OCCS(=O)(=O)O)ccc2F)CC2CCC1C2. The van der Waals surface area contributed by atoms with E-state index in [4.69, 9.17) is 14.0 Å². The molecule has 2 aliphatic carbocycles. The number of hydrogen-bond donors (Lipinski definition) is 1. The van der Waals surface area contributed by atoms with Crippen LogP contribution in [-0.2, 0) is 14.9 Å². The average Bonchev–Trinajstić information content (AvgIpc) is 3.17. The molecule has 2 saturated carbocycles. The lowest BCUT2D eigenvalue weighted by molar-refractivity contribution is 0.00598. The number of carbonyl (C=O) groups excluding carboxylic acids is 1. The topological polar surface area (TPSA) is 89.9 Å². The first-order valence-electron chi connectivity index (χ1n) is 8.83. The van der Waals surface area contributed by atoms with Crippen LogP contribution in [0.25, 0.3) is 0 Å². The van der Waals surface area contributed by atoms with E-state index in [0.29, 0.717) is 11.8 Å². The van der Waals surface area contributed by atoms with Crippen LogP contribution in [-0.4, -0.2) is 36.9 Å². The highest BCUT2D eigenvalue weighted by atomic mass is 32.2. The summed E-state index contributed by atoms with van der Waals surface area (Å²) < 4.78 is 55.2. The van der Waals surface area contributed by atoms with Crippen molar-refractivity contribution in [3.05, 3.63) is 29.6 Å². The van der Waals surface area contributed by atoms with E-state index in [1.807, 2.05) is 6.92 Å². The zero-order chi connectivity index (χ0) is 18.9. The van der Waals surface area contributed by atoms with Gasteiger partial charge in [-0.25, -0.2) is 9.18 Å². The highest BCUT2D eigenvalue weighted by molar-refractivity contribution is 7.85. The molecular weight excluding hydrogens is 363 g/mol. The second-order valence-electron chi connectivity index (χ2n) is 7.17. The van der Waals surface area contributed by atoms with Crippen molar-refractivity contribution in [1.29, 1.82) is 0 Å². The van der Waals surface area contributed by atoms with Crippen molar-refractivity contribution < 1.29 is 31.6 Å². The average molecular weight is 386 g/mol. The lowest BCUT2D eigenvalue weighted by atomic mass is 9.82. The van der Waals surface area contributed by atoms with Gasteiger partial charge in [0.2, 0.25) is 0 Å². The number of rotatable bonds is 7. The highest BCUT2D eigenvalue weighted by Crippen LogP contribution is 2.54. The lowest BCUT2D eigenvalue weighted by Gasteiger charge is -2.37. The molecule has 0 heterocycles. The van der Waals surface area contributed by atoms with Crippen LogP contribution < -0.4 is 4.74 Å². The molecule has 26 heavy (non-hydrogen) atoms. The minimum atomic E-state index is -4.21. The first-order chi connectivity index (χ1) is 12.2. The van der Waals surface area contributed by atoms with Crippen molar-refractivity contribution in [2.45, 2.75) is 44.6 Å². The molecule has 0 aromatic heterocycles. The molecular formula is C18H23FO6S. The largest absolute Gasteiger partial charge is 0.484 e. The lowest BCUT2D eigenvalue weighted by Crippen LogP contribution is -2.41. The maximum absolute atomic E-state index is 14.3. The maximum atomic E-state index is 14.3. The van der Waals surface area contributed by atoms with Crippen LogP contribution in [0.15, 0.2) is 18.2 Å². The van der Waals surface area contributed by atoms with E-state index in [0.717, 1.165) is 31.7 Å². The first kappa shape index (κ1) is 19.1. The summed E-state index contributed by atoms with van der Waals surface area (Å²) in [5.74, 6) is -0.986. The van der Waals surface area contributed by atoms with E-state index in [1.54, 1.807) is 0 Å². The van der Waals surface area contributed by atoms with Gasteiger partial charge in [-0.1, -0.05) is 6.92 Å². The molecule has 1 aromatic rings. The van der Waals surface area contributed by atoms with Gasteiger partial charge < -0.3 is 9.47 Å². The second kappa shape index (κ2) is 7.15. The van der Waals surface area contributed by atoms with Crippen LogP contribution in [0.4, 0.5) is 4.39 Å². The van der Waals surface area contributed by atoms with Gasteiger partial charge in [0.05, 0.1) is 5.56 Å². The van der Waals surface area contributed by atoms with E-state index in [9.17, 15) is 17.6 Å². The zero-order valence-electron chi connectivity index (χ0n) is 14.6. The first-order valence-corrected chi connectivity index (χ1v) is 10.4. The van der Waals surface area contributed by atoms with Crippen molar-refractivity contribution in [2.75, 3.05) is 12.4 Å². The molecule has 8 heteroatoms. The molecule has 0 aliphatic heterocycles. The fourth-order valence-electron chi connectivity index (χ4n) is 4.27. The van der Waals surface area contributed by atoms with Gasteiger partial charge in [-0.2, -0.15) is 8.42 Å². The summed E-state index contributed by atoms with van der Waals surface area (Å²) in [6.45, 7) is 1.56. The molecule has 0 amide bonds. The molecule has 1 N–H and O–H groups in total. The molecule has 0 radical (unpaired) electrons. The third-order valence-corrected chi connectivity index (χ3v) is 6.26. The number of hydrogen-bond acceptors (Lipinski definition) is 5. The summed E-state index contributed by atoms with van der Waals surface area (Å²) in [6.07, 6.45) is 5.05. The van der Waals surface area contributed by atoms with Crippen molar-refractivity contribution in [2.24, 2.45) is 11.8 Å². The molecule has 2 aliphatic rings. The fraction of sp³-hybridized carbons (Fsp3) is 0.611. The Kier molecular flexibility index (Phi) is 5.25. The monoisotopic (exact) mass is 386 g/mol. The van der Waals surface area contributed by atoms with E-state index in [1.165, 1.54) is 18.6 Å². The maximum Gasteiger partial charge on any atom is 0.338 e. The normalized spacial score (nSPS) is 27.5. The van der Waals surface area contributed by atoms with Crippen LogP contribution in [0.1, 0.15) is 49.4 Å². The Bertz CT molecular complexity index is 793. The Hall–Kier alpha value is -1.67. The number of fused-ring (bicyclic) bond motifs is 2. The molecule has 3 atom stereocenters. The van der Waals surface area contributed by atoms with Crippen LogP contribution in [0, 0.1) is 17.7 Å². The molecule has 3 unspecified atom stereocenters. The van der Waals surface area contributed by atoms with Crippen LogP contribution in [0.3, 0.4) is 0 Å². The fourth-order valence-corrected chi connectivity index (χ4v) is 4.57. The Labute approximate surface area is 152 Å². The quantitative estimate of drug-likeness (QED) is 0.572. The van der Waals surface area contributed by atoms with Gasteiger partial charge in [-0.3, -0.25) is 4.55 Å². The standard InChI is InChI=1S/C18H23FO6S/c1-2-18(11-12-3-5-14(18)9-12)25-16-10-13(4-6-15(16)19)17(20)24-7-8-26(21,22)23/h4,6,10,12,14H,2-3,5,7-9,11H2,1H3,(H,21,22,23). The highest BCUT2D eigenvalue weighted by Gasteiger charge is 2.52. The Balaban J connectivity index is 1.72. The summed E-state index contributed by atoms with van der Waals surface area (Å²) in [7, 11) is -4.21. The predicted molar refractivity (Wildman–Crippen MR) is 92.2 cm³/mol. The third kappa shape index (κ3) is 4.01. The molecule has 1 aromatic carbocycles. The Morgan fingerprint density at radius 3 is 2.73 bits per heavy atom. The predicted octanol–water partition coefficient (Wildman–Crippen LogP) is 3.22. The summed E-state index contributed by atoms with van der Waals surface area (Å²) >= 11 is 0. The van der Waals surface area contributed by atoms with Gasteiger partial charge in [0, 0.05) is 0 Å². The molecule has 3 rings (SSSR count). The van der Waals surface area contributed by atoms with Gasteiger partial charge in [0.25, 0.3) is 10.1 Å². The van der Waals surface area contributed by atoms with Crippen molar-refractivity contribution in [1.82, 2.24) is 0 Å². The van der Waals surface area contributed by atoms with Gasteiger partial charge >= 0.3 is 5.97 Å². The van der Waals surface area contributed by atoms with Crippen molar-refractivity contribution in [3.8, 4) is 5.75 Å². The van der Waals surface area contributed by atoms with Crippen LogP contribution >= 0.6 is 0 Å². The molecule has 0 saturated heterocycles. The molecule has 6 nitrogen and oxygen atoms in total. The number of esters is 1. The summed E-state index contributed by atoms with van der Waals surface area (Å²) in [5.41, 5.74) is -0.316. The summed E-state index contributed by atoms with van der Waals surface area (Å²) in [4.78, 5) is 12.0. The van der Waals surface area contributed by atoms with Gasteiger partial charge in [0.15, 0.2) is 11.6 Å². The Morgan fingerprint density at radius 2 is 2.15 bits per heavy atom. The molecule has 0 spiro atoms. The van der Waals surface area contributed by atoms with Crippen LogP contribution in [0.2, 0.25) is 0 Å². The second-order valence-corrected chi connectivity index (χ2v) is 8.74. The van der Waals surface area contributed by atoms with E-state index < -0.39 is 39.9 Å².